The van der Waals surface area contributed by atoms with E-state index in [0.717, 1.165) is 23.1 Å². The second kappa shape index (κ2) is 7.51. The Morgan fingerprint density at radius 3 is 2.73 bits per heavy atom. The lowest BCUT2D eigenvalue weighted by molar-refractivity contribution is -0.126. The summed E-state index contributed by atoms with van der Waals surface area (Å²) in [6.07, 6.45) is 4.47. The summed E-state index contributed by atoms with van der Waals surface area (Å²) < 4.78 is 0.889. The fourth-order valence-corrected chi connectivity index (χ4v) is 3.37. The number of fused-ring (bicyclic) bond motifs is 1. The van der Waals surface area contributed by atoms with Gasteiger partial charge in [-0.15, -0.1) is 11.3 Å². The van der Waals surface area contributed by atoms with Gasteiger partial charge < -0.3 is 5.11 Å². The third-order valence-corrected chi connectivity index (χ3v) is 4.39. The first-order chi connectivity index (χ1) is 10.6. The summed E-state index contributed by atoms with van der Waals surface area (Å²) in [5.74, 6) is 0.329. The highest BCUT2D eigenvalue weighted by molar-refractivity contribution is 7.17. The highest BCUT2D eigenvalue weighted by atomic mass is 32.1. The molecule has 1 amide bonds. The molecule has 0 aromatic carbocycles. The molecule has 0 unspecified atom stereocenters. The predicted octanol–water partition coefficient (Wildman–Crippen LogP) is 2.86. The summed E-state index contributed by atoms with van der Waals surface area (Å²) in [7, 11) is 0. The number of hydrogen-bond donors (Lipinski definition) is 3. The maximum absolute atomic E-state index is 12.1. The molecule has 2 aromatic rings. The highest BCUT2D eigenvalue weighted by Gasteiger charge is 2.28. The topological polar surface area (TPSA) is 87.1 Å². The Bertz CT molecular complexity index is 623. The van der Waals surface area contributed by atoms with Gasteiger partial charge in [0, 0.05) is 0 Å². The van der Waals surface area contributed by atoms with Gasteiger partial charge in [0.1, 0.15) is 6.33 Å². The molecule has 0 spiro atoms. The van der Waals surface area contributed by atoms with Crippen LogP contribution in [0.1, 0.15) is 46.0 Å². The Balaban J connectivity index is 1.96. The number of rotatable bonds is 8. The molecule has 120 valence electrons. The van der Waals surface area contributed by atoms with E-state index in [1.165, 1.54) is 17.7 Å². The molecule has 0 aliphatic rings. The molecule has 0 fully saturated rings. The van der Waals surface area contributed by atoms with E-state index in [-0.39, 0.29) is 12.3 Å². The van der Waals surface area contributed by atoms with Crippen LogP contribution in [-0.4, -0.2) is 26.6 Å². The molecule has 7 heteroatoms. The van der Waals surface area contributed by atoms with Crippen LogP contribution >= 0.6 is 11.3 Å². The van der Waals surface area contributed by atoms with E-state index in [9.17, 15) is 9.90 Å². The van der Waals surface area contributed by atoms with Crippen LogP contribution in [0, 0.1) is 0 Å². The van der Waals surface area contributed by atoms with Crippen LogP contribution in [0.4, 0.5) is 5.82 Å². The molecule has 22 heavy (non-hydrogen) atoms. The van der Waals surface area contributed by atoms with E-state index in [1.54, 1.807) is 0 Å². The minimum Gasteiger partial charge on any atom is -0.389 e. The van der Waals surface area contributed by atoms with Gasteiger partial charge in [0.15, 0.2) is 5.82 Å². The van der Waals surface area contributed by atoms with Crippen molar-refractivity contribution in [3.05, 3.63) is 17.8 Å². The molecule has 6 nitrogen and oxygen atoms in total. The summed E-state index contributed by atoms with van der Waals surface area (Å²) in [5.41, 5.74) is 5.36. The third kappa shape index (κ3) is 4.14. The zero-order valence-corrected chi connectivity index (χ0v) is 13.7. The van der Waals surface area contributed by atoms with Gasteiger partial charge >= 0.3 is 0 Å². The monoisotopic (exact) mass is 322 g/mol. The van der Waals surface area contributed by atoms with Gasteiger partial charge in [-0.3, -0.25) is 15.6 Å². The van der Waals surface area contributed by atoms with E-state index in [0.29, 0.717) is 18.7 Å². The minimum absolute atomic E-state index is 0.0837. The molecular weight excluding hydrogens is 300 g/mol. The molecular formula is C15H22N4O2S. The molecule has 2 aromatic heterocycles. The van der Waals surface area contributed by atoms with Crippen molar-refractivity contribution in [2.24, 2.45) is 0 Å². The lowest BCUT2D eigenvalue weighted by Crippen LogP contribution is -2.39. The molecule has 0 aliphatic carbocycles. The molecule has 0 bridgehead atoms. The average molecular weight is 322 g/mol. The average Bonchev–Trinajstić information content (AvgIpc) is 2.94. The summed E-state index contributed by atoms with van der Waals surface area (Å²) >= 11 is 1.51. The third-order valence-electron chi connectivity index (χ3n) is 3.48. The Hall–Kier alpha value is -1.73. The summed E-state index contributed by atoms with van der Waals surface area (Å²) in [6, 6.07) is 1.90. The number of carbonyl (C=O) groups excluding carboxylic acids is 1. The SMILES string of the molecule is CCCC(O)(CCC)CC(=O)NNc1ncnc2ccsc12. The van der Waals surface area contributed by atoms with Crippen molar-refractivity contribution in [1.82, 2.24) is 15.4 Å². The van der Waals surface area contributed by atoms with Gasteiger partial charge in [-0.25, -0.2) is 9.97 Å². The number of hydrogen-bond acceptors (Lipinski definition) is 6. The molecule has 0 saturated carbocycles. The smallest absolute Gasteiger partial charge is 0.241 e. The molecule has 2 heterocycles. The van der Waals surface area contributed by atoms with Crippen LogP contribution in [0.2, 0.25) is 0 Å². The first-order valence-electron chi connectivity index (χ1n) is 7.53. The zero-order valence-electron chi connectivity index (χ0n) is 12.9. The van der Waals surface area contributed by atoms with Crippen molar-refractivity contribution in [2.45, 2.75) is 51.6 Å². The van der Waals surface area contributed by atoms with Gasteiger partial charge in [0.2, 0.25) is 5.91 Å². The zero-order chi connectivity index (χ0) is 16.0. The van der Waals surface area contributed by atoms with Gasteiger partial charge in [-0.2, -0.15) is 0 Å². The standard InChI is InChI=1S/C15H22N4O2S/c1-3-6-15(21,7-4-2)9-12(20)18-19-14-13-11(5-8-22-13)16-10-17-14/h5,8,10,21H,3-4,6-7,9H2,1-2H3,(H,18,20)(H,16,17,19). The molecule has 0 aliphatic heterocycles. The van der Waals surface area contributed by atoms with Crippen molar-refractivity contribution in [3.63, 3.8) is 0 Å². The fraction of sp³-hybridized carbons (Fsp3) is 0.533. The normalized spacial score (nSPS) is 11.6. The Labute approximate surface area is 134 Å². The van der Waals surface area contributed by atoms with Crippen LogP contribution in [0.5, 0.6) is 0 Å². The Morgan fingerprint density at radius 1 is 1.32 bits per heavy atom. The van der Waals surface area contributed by atoms with Crippen molar-refractivity contribution in [3.8, 4) is 0 Å². The summed E-state index contributed by atoms with van der Waals surface area (Å²) in [6.45, 7) is 4.01. The lowest BCUT2D eigenvalue weighted by atomic mass is 9.89. The van der Waals surface area contributed by atoms with E-state index < -0.39 is 5.60 Å². The number of amides is 1. The van der Waals surface area contributed by atoms with Gasteiger partial charge in [0.25, 0.3) is 0 Å². The maximum atomic E-state index is 12.1. The number of aromatic nitrogens is 2. The second-order valence-electron chi connectivity index (χ2n) is 5.43. The number of aliphatic hydroxyl groups is 1. The molecule has 3 N–H and O–H groups in total. The van der Waals surface area contributed by atoms with Crippen LogP contribution < -0.4 is 10.9 Å². The van der Waals surface area contributed by atoms with E-state index in [1.807, 2.05) is 25.3 Å². The first-order valence-corrected chi connectivity index (χ1v) is 8.41. The van der Waals surface area contributed by atoms with Gasteiger partial charge in [-0.1, -0.05) is 26.7 Å². The first kappa shape index (κ1) is 16.6. The quantitative estimate of drug-likeness (QED) is 0.651. The summed E-state index contributed by atoms with van der Waals surface area (Å²) in [4.78, 5) is 20.4. The maximum Gasteiger partial charge on any atom is 0.241 e. The molecule has 0 radical (unpaired) electrons. The van der Waals surface area contributed by atoms with Crippen LogP contribution in [0.3, 0.4) is 0 Å². The van der Waals surface area contributed by atoms with E-state index in [2.05, 4.69) is 20.8 Å². The molecule has 0 saturated heterocycles. The van der Waals surface area contributed by atoms with Gasteiger partial charge in [-0.05, 0) is 24.3 Å². The number of thiophene rings is 1. The van der Waals surface area contributed by atoms with E-state index in [4.69, 9.17) is 0 Å². The van der Waals surface area contributed by atoms with Crippen LogP contribution in [0.25, 0.3) is 10.2 Å². The second-order valence-corrected chi connectivity index (χ2v) is 6.35. The molecule has 2 rings (SSSR count). The molecule has 0 atom stereocenters. The highest BCUT2D eigenvalue weighted by Crippen LogP contribution is 2.25. The largest absolute Gasteiger partial charge is 0.389 e. The predicted molar refractivity (Wildman–Crippen MR) is 88.6 cm³/mol. The van der Waals surface area contributed by atoms with Crippen molar-refractivity contribution in [1.29, 1.82) is 0 Å². The number of hydrazine groups is 1. The van der Waals surface area contributed by atoms with Crippen LogP contribution in [-0.2, 0) is 4.79 Å². The Kier molecular flexibility index (Phi) is 5.68. The number of nitrogens with zero attached hydrogens (tertiary/aromatic N) is 2. The number of carbonyl (C=O) groups is 1. The van der Waals surface area contributed by atoms with Crippen molar-refractivity contribution in [2.75, 3.05) is 5.43 Å². The van der Waals surface area contributed by atoms with Gasteiger partial charge in [0.05, 0.1) is 22.2 Å². The van der Waals surface area contributed by atoms with E-state index >= 15 is 0 Å². The van der Waals surface area contributed by atoms with Crippen LogP contribution in [0.15, 0.2) is 17.8 Å². The summed E-state index contributed by atoms with van der Waals surface area (Å²) in [5, 5.41) is 12.4. The van der Waals surface area contributed by atoms with Crippen molar-refractivity contribution < 1.29 is 9.90 Å². The fourth-order valence-electron chi connectivity index (χ4n) is 2.58. The Morgan fingerprint density at radius 2 is 2.05 bits per heavy atom. The minimum atomic E-state index is -0.931. The van der Waals surface area contributed by atoms with Crippen molar-refractivity contribution >= 4 is 33.3 Å². The number of anilines is 1. The number of nitrogens with one attached hydrogen (secondary N) is 2. The lowest BCUT2D eigenvalue weighted by Gasteiger charge is -2.26.